The molecule has 5 rings (SSSR count). The van der Waals surface area contributed by atoms with Gasteiger partial charge in [0.25, 0.3) is 5.91 Å². The van der Waals surface area contributed by atoms with E-state index < -0.39 is 18.0 Å². The van der Waals surface area contributed by atoms with E-state index in [1.54, 1.807) is 25.2 Å². The van der Waals surface area contributed by atoms with Crippen molar-refractivity contribution >= 4 is 41.1 Å². The Balaban J connectivity index is 1.29. The second kappa shape index (κ2) is 11.0. The first-order valence-corrected chi connectivity index (χ1v) is 13.3. The van der Waals surface area contributed by atoms with E-state index in [1.165, 1.54) is 15.9 Å². The van der Waals surface area contributed by atoms with E-state index in [2.05, 4.69) is 17.3 Å². The van der Waals surface area contributed by atoms with Crippen LogP contribution in [0.25, 0.3) is 0 Å². The lowest BCUT2D eigenvalue weighted by atomic mass is 9.99. The minimum absolute atomic E-state index is 0.182. The normalized spacial score (nSPS) is 21.5. The highest BCUT2D eigenvalue weighted by Crippen LogP contribution is 2.32. The fourth-order valence-electron chi connectivity index (χ4n) is 5.20. The first-order chi connectivity index (χ1) is 18.6. The largest absolute Gasteiger partial charge is 0.419 e. The molecule has 11 heteroatoms. The maximum Gasteiger partial charge on any atom is 0.419 e. The number of carbonyl (C=O) groups is 4. The zero-order chi connectivity index (χ0) is 27.8. The van der Waals surface area contributed by atoms with Crippen molar-refractivity contribution in [1.82, 2.24) is 15.1 Å². The van der Waals surface area contributed by atoms with Crippen LogP contribution in [-0.4, -0.2) is 79.6 Å². The number of anilines is 1. The van der Waals surface area contributed by atoms with E-state index >= 15 is 0 Å². The van der Waals surface area contributed by atoms with Gasteiger partial charge >= 0.3 is 6.09 Å². The van der Waals surface area contributed by atoms with Crippen LogP contribution in [0.15, 0.2) is 30.3 Å². The lowest BCUT2D eigenvalue weighted by Crippen LogP contribution is -2.52. The molecule has 3 heterocycles. The second-order valence-electron chi connectivity index (χ2n) is 10.3. The summed E-state index contributed by atoms with van der Waals surface area (Å²) in [6, 6.07) is 8.03. The molecule has 10 nitrogen and oxygen atoms in total. The molecule has 0 aliphatic carbocycles. The van der Waals surface area contributed by atoms with E-state index in [9.17, 15) is 19.2 Å². The summed E-state index contributed by atoms with van der Waals surface area (Å²) < 4.78 is 11.3. The molecule has 2 aromatic carbocycles. The molecule has 0 bridgehead atoms. The second-order valence-corrected chi connectivity index (χ2v) is 10.7. The van der Waals surface area contributed by atoms with Crippen LogP contribution < -0.4 is 15.0 Å². The molecule has 3 aliphatic rings. The fraction of sp³-hybridized carbons (Fsp3) is 0.429. The number of benzene rings is 2. The lowest BCUT2D eigenvalue weighted by molar-refractivity contribution is -0.136. The van der Waals surface area contributed by atoms with Crippen LogP contribution in [0, 0.1) is 6.92 Å². The van der Waals surface area contributed by atoms with E-state index in [0.29, 0.717) is 29.5 Å². The molecular formula is C28H31ClN4O6. The van der Waals surface area contributed by atoms with Crippen LogP contribution in [-0.2, 0) is 27.3 Å². The molecule has 39 heavy (non-hydrogen) atoms. The summed E-state index contributed by atoms with van der Waals surface area (Å²) in [6.45, 7) is 4.42. The number of nitrogens with one attached hydrogen (secondary N) is 1. The zero-order valence-electron chi connectivity index (χ0n) is 22.2. The molecule has 4 amide bonds. The Morgan fingerprint density at radius 3 is 2.77 bits per heavy atom. The minimum atomic E-state index is -0.708. The van der Waals surface area contributed by atoms with Gasteiger partial charge in [-0.15, -0.1) is 0 Å². The van der Waals surface area contributed by atoms with Crippen LogP contribution in [0.1, 0.15) is 39.9 Å². The highest BCUT2D eigenvalue weighted by Gasteiger charge is 2.39. The Morgan fingerprint density at radius 1 is 1.23 bits per heavy atom. The van der Waals surface area contributed by atoms with Crippen LogP contribution in [0.3, 0.4) is 0 Å². The SMILES string of the molecule is Cc1c(Cl)cc(N(C)C(=O)Oc2ccc3c(c2)C(=O)N(C2CCC(=O)NC2=O)C3)cc1CC1COCCN1C. The number of ether oxygens (including phenoxy) is 2. The number of hydrogen-bond acceptors (Lipinski definition) is 7. The molecule has 2 fully saturated rings. The van der Waals surface area contributed by atoms with Crippen molar-refractivity contribution in [3.63, 3.8) is 0 Å². The standard InChI is InChI=1S/C28H31ClN4O6/c1-16-18(11-20-15-38-9-8-31(20)2)10-19(12-23(16)29)32(3)28(37)39-21-5-4-17-14-33(27(36)22(17)13-21)24-6-7-25(34)30-26(24)35/h4-5,10,12-13,20,24H,6-9,11,14-15H2,1-3H3,(H,30,34,35). The van der Waals surface area contributed by atoms with Crippen molar-refractivity contribution in [1.29, 1.82) is 0 Å². The Bertz CT molecular complexity index is 1350. The summed E-state index contributed by atoms with van der Waals surface area (Å²) in [5.41, 5.74) is 3.66. The van der Waals surface area contributed by atoms with Gasteiger partial charge in [0.2, 0.25) is 11.8 Å². The number of hydrogen-bond donors (Lipinski definition) is 1. The summed E-state index contributed by atoms with van der Waals surface area (Å²) in [4.78, 5) is 55.0. The predicted molar refractivity (Wildman–Crippen MR) is 144 cm³/mol. The highest BCUT2D eigenvalue weighted by atomic mass is 35.5. The monoisotopic (exact) mass is 554 g/mol. The van der Waals surface area contributed by atoms with Gasteiger partial charge in [0.05, 0.1) is 13.2 Å². The lowest BCUT2D eigenvalue weighted by Gasteiger charge is -2.33. The van der Waals surface area contributed by atoms with Crippen molar-refractivity contribution in [2.24, 2.45) is 0 Å². The smallest absolute Gasteiger partial charge is 0.410 e. The molecule has 0 saturated carbocycles. The Labute approximate surface area is 231 Å². The summed E-state index contributed by atoms with van der Waals surface area (Å²) in [7, 11) is 3.68. The average Bonchev–Trinajstić information content (AvgIpc) is 3.22. The third-order valence-corrected chi connectivity index (χ3v) is 8.17. The summed E-state index contributed by atoms with van der Waals surface area (Å²) >= 11 is 6.55. The van der Waals surface area contributed by atoms with Crippen LogP contribution >= 0.6 is 11.6 Å². The fourth-order valence-corrected chi connectivity index (χ4v) is 5.44. The average molecular weight is 555 g/mol. The molecule has 1 N–H and O–H groups in total. The van der Waals surface area contributed by atoms with Crippen LogP contribution in [0.5, 0.6) is 5.75 Å². The first-order valence-electron chi connectivity index (χ1n) is 12.9. The molecule has 2 unspecified atom stereocenters. The van der Waals surface area contributed by atoms with Gasteiger partial charge in [-0.25, -0.2) is 4.79 Å². The molecule has 2 aromatic rings. The number of carbonyl (C=O) groups excluding carboxylic acids is 4. The molecular weight excluding hydrogens is 524 g/mol. The van der Waals surface area contributed by atoms with Crippen molar-refractivity contribution in [3.05, 3.63) is 57.6 Å². The van der Waals surface area contributed by atoms with Gasteiger partial charge in [-0.05, 0) is 67.8 Å². The van der Waals surface area contributed by atoms with Gasteiger partial charge in [0.15, 0.2) is 0 Å². The number of rotatable bonds is 5. The quantitative estimate of drug-likeness (QED) is 0.566. The number of fused-ring (bicyclic) bond motifs is 1. The molecule has 0 aromatic heterocycles. The number of likely N-dealkylation sites (N-methyl/N-ethyl adjacent to an activating group) is 1. The molecule has 206 valence electrons. The molecule has 2 atom stereocenters. The van der Waals surface area contributed by atoms with Gasteiger partial charge in [0, 0.05) is 48.9 Å². The Hall–Kier alpha value is -3.47. The molecule has 0 radical (unpaired) electrons. The maximum atomic E-state index is 13.1. The van der Waals surface area contributed by atoms with E-state index in [0.717, 1.165) is 29.7 Å². The first kappa shape index (κ1) is 27.1. The van der Waals surface area contributed by atoms with Crippen LogP contribution in [0.4, 0.5) is 10.5 Å². The van der Waals surface area contributed by atoms with Crippen molar-refractivity contribution in [3.8, 4) is 5.75 Å². The molecule has 3 aliphatic heterocycles. The van der Waals surface area contributed by atoms with E-state index in [1.807, 2.05) is 13.0 Å². The number of nitrogens with zero attached hydrogens (tertiary/aromatic N) is 3. The third-order valence-electron chi connectivity index (χ3n) is 7.78. The maximum absolute atomic E-state index is 13.1. The van der Waals surface area contributed by atoms with Gasteiger partial charge in [-0.3, -0.25) is 29.5 Å². The topological polar surface area (TPSA) is 108 Å². The summed E-state index contributed by atoms with van der Waals surface area (Å²) in [5, 5.41) is 2.84. The number of piperidine rings is 1. The number of amides is 4. The van der Waals surface area contributed by atoms with Crippen molar-refractivity contribution in [2.75, 3.05) is 38.8 Å². The van der Waals surface area contributed by atoms with Crippen molar-refractivity contribution in [2.45, 2.75) is 44.8 Å². The van der Waals surface area contributed by atoms with Gasteiger partial charge in [0.1, 0.15) is 11.8 Å². The van der Waals surface area contributed by atoms with Gasteiger partial charge in [-0.2, -0.15) is 0 Å². The van der Waals surface area contributed by atoms with Gasteiger partial charge < -0.3 is 14.4 Å². The molecule has 0 spiro atoms. The van der Waals surface area contributed by atoms with E-state index in [-0.39, 0.29) is 43.0 Å². The molecule has 2 saturated heterocycles. The summed E-state index contributed by atoms with van der Waals surface area (Å²) in [6.07, 6.45) is 0.561. The Kier molecular flexibility index (Phi) is 7.61. The zero-order valence-corrected chi connectivity index (χ0v) is 22.9. The minimum Gasteiger partial charge on any atom is -0.410 e. The van der Waals surface area contributed by atoms with Crippen molar-refractivity contribution < 1.29 is 28.7 Å². The summed E-state index contributed by atoms with van der Waals surface area (Å²) in [5.74, 6) is -0.934. The number of imide groups is 1. The number of morpholine rings is 1. The Morgan fingerprint density at radius 2 is 2.03 bits per heavy atom. The highest BCUT2D eigenvalue weighted by molar-refractivity contribution is 6.31. The van der Waals surface area contributed by atoms with E-state index in [4.69, 9.17) is 21.1 Å². The predicted octanol–water partition coefficient (Wildman–Crippen LogP) is 2.92. The van der Waals surface area contributed by atoms with Gasteiger partial charge in [-0.1, -0.05) is 17.7 Å². The van der Waals surface area contributed by atoms with Crippen LogP contribution in [0.2, 0.25) is 5.02 Å². The third kappa shape index (κ3) is 5.50. The number of halogens is 1.